The summed E-state index contributed by atoms with van der Waals surface area (Å²) in [5.41, 5.74) is 5.96. The zero-order valence-electron chi connectivity index (χ0n) is 21.8. The molecule has 0 saturated heterocycles. The SMILES string of the molecule is COC(=O)c1cc(NC(=O)CC2c3ccccc3-c3ccccc32)cc(NC(=O)c2ccc3ccccc3c2)c1. The Morgan fingerprint density at radius 3 is 1.93 bits per heavy atom. The largest absolute Gasteiger partial charge is 0.465 e. The molecule has 0 fully saturated rings. The van der Waals surface area contributed by atoms with E-state index in [1.54, 1.807) is 18.2 Å². The second-order valence-electron chi connectivity index (χ2n) is 9.79. The number of amides is 2. The first-order valence-electron chi connectivity index (χ1n) is 13.0. The molecule has 5 aromatic carbocycles. The van der Waals surface area contributed by atoms with Crippen molar-refractivity contribution in [2.45, 2.75) is 12.3 Å². The molecular formula is C34H26N2O4. The van der Waals surface area contributed by atoms with Gasteiger partial charge in [-0.1, -0.05) is 78.9 Å². The fourth-order valence-corrected chi connectivity index (χ4v) is 5.42. The third kappa shape index (κ3) is 4.83. The number of hydrogen-bond donors (Lipinski definition) is 2. The van der Waals surface area contributed by atoms with Gasteiger partial charge in [0.25, 0.3) is 5.91 Å². The van der Waals surface area contributed by atoms with Gasteiger partial charge >= 0.3 is 5.97 Å². The minimum atomic E-state index is -0.573. The molecule has 0 aromatic heterocycles. The van der Waals surface area contributed by atoms with Crippen LogP contribution < -0.4 is 10.6 Å². The molecule has 2 N–H and O–H groups in total. The Bertz CT molecular complexity index is 1750. The monoisotopic (exact) mass is 526 g/mol. The van der Waals surface area contributed by atoms with E-state index in [1.165, 1.54) is 13.2 Å². The van der Waals surface area contributed by atoms with Crippen LogP contribution in [0.2, 0.25) is 0 Å². The van der Waals surface area contributed by atoms with Crippen molar-refractivity contribution in [2.75, 3.05) is 17.7 Å². The third-order valence-corrected chi connectivity index (χ3v) is 7.26. The molecule has 196 valence electrons. The highest BCUT2D eigenvalue weighted by molar-refractivity contribution is 6.07. The maximum absolute atomic E-state index is 13.3. The highest BCUT2D eigenvalue weighted by Crippen LogP contribution is 2.46. The van der Waals surface area contributed by atoms with Crippen molar-refractivity contribution in [1.29, 1.82) is 0 Å². The van der Waals surface area contributed by atoms with Gasteiger partial charge in [-0.3, -0.25) is 9.59 Å². The molecule has 0 unspecified atom stereocenters. The first-order valence-corrected chi connectivity index (χ1v) is 13.0. The van der Waals surface area contributed by atoms with E-state index in [9.17, 15) is 14.4 Å². The van der Waals surface area contributed by atoms with E-state index in [4.69, 9.17) is 4.74 Å². The van der Waals surface area contributed by atoms with Crippen molar-refractivity contribution in [3.8, 4) is 11.1 Å². The maximum atomic E-state index is 13.3. The number of methoxy groups -OCH3 is 1. The minimum Gasteiger partial charge on any atom is -0.465 e. The molecule has 5 aromatic rings. The Balaban J connectivity index is 1.24. The van der Waals surface area contributed by atoms with Gasteiger partial charge in [-0.25, -0.2) is 4.79 Å². The summed E-state index contributed by atoms with van der Waals surface area (Å²) in [6, 6.07) is 34.2. The highest BCUT2D eigenvalue weighted by atomic mass is 16.5. The first-order chi connectivity index (χ1) is 19.5. The Hall–Kier alpha value is -5.23. The predicted molar refractivity (Wildman–Crippen MR) is 157 cm³/mol. The van der Waals surface area contributed by atoms with E-state index >= 15 is 0 Å². The molecule has 1 aliphatic rings. The molecule has 6 rings (SSSR count). The molecule has 6 heteroatoms. The van der Waals surface area contributed by atoms with Crippen LogP contribution in [0, 0.1) is 0 Å². The number of carbonyl (C=O) groups excluding carboxylic acids is 3. The zero-order chi connectivity index (χ0) is 27.6. The summed E-state index contributed by atoms with van der Waals surface area (Å²) in [5.74, 6) is -1.19. The number of fused-ring (bicyclic) bond motifs is 4. The predicted octanol–water partition coefficient (Wildman–Crippen LogP) is 7.02. The molecule has 0 radical (unpaired) electrons. The molecule has 0 aliphatic heterocycles. The molecule has 0 heterocycles. The number of benzene rings is 5. The average Bonchev–Trinajstić information content (AvgIpc) is 3.29. The van der Waals surface area contributed by atoms with Crippen LogP contribution in [0.5, 0.6) is 0 Å². The Kier molecular flexibility index (Phi) is 6.58. The molecule has 0 saturated carbocycles. The van der Waals surface area contributed by atoms with Crippen molar-refractivity contribution in [1.82, 2.24) is 0 Å². The van der Waals surface area contributed by atoms with Gasteiger partial charge in [0.2, 0.25) is 5.91 Å². The summed E-state index contributed by atoms with van der Waals surface area (Å²) >= 11 is 0. The fraction of sp³-hybridized carbons (Fsp3) is 0.0882. The second-order valence-corrected chi connectivity index (χ2v) is 9.79. The van der Waals surface area contributed by atoms with Gasteiger partial charge in [0.05, 0.1) is 12.7 Å². The lowest BCUT2D eigenvalue weighted by Gasteiger charge is -2.15. The number of anilines is 2. The van der Waals surface area contributed by atoms with Crippen LogP contribution in [-0.2, 0) is 9.53 Å². The average molecular weight is 527 g/mol. The van der Waals surface area contributed by atoms with Crippen LogP contribution in [0.1, 0.15) is 44.2 Å². The Morgan fingerprint density at radius 1 is 0.650 bits per heavy atom. The van der Waals surface area contributed by atoms with E-state index in [2.05, 4.69) is 34.9 Å². The van der Waals surface area contributed by atoms with Crippen LogP contribution in [-0.4, -0.2) is 24.9 Å². The summed E-state index contributed by atoms with van der Waals surface area (Å²) in [5, 5.41) is 7.76. The third-order valence-electron chi connectivity index (χ3n) is 7.26. The van der Waals surface area contributed by atoms with E-state index in [0.717, 1.165) is 33.0 Å². The quantitative estimate of drug-likeness (QED) is 0.233. The van der Waals surface area contributed by atoms with E-state index < -0.39 is 5.97 Å². The van der Waals surface area contributed by atoms with Crippen molar-refractivity contribution in [3.05, 3.63) is 131 Å². The van der Waals surface area contributed by atoms with Gasteiger partial charge in [0.15, 0.2) is 0 Å². The smallest absolute Gasteiger partial charge is 0.337 e. The van der Waals surface area contributed by atoms with E-state index in [0.29, 0.717) is 16.9 Å². The van der Waals surface area contributed by atoms with Crippen molar-refractivity contribution < 1.29 is 19.1 Å². The van der Waals surface area contributed by atoms with Crippen molar-refractivity contribution in [3.63, 3.8) is 0 Å². The van der Waals surface area contributed by atoms with Crippen molar-refractivity contribution >= 4 is 39.9 Å². The van der Waals surface area contributed by atoms with Crippen LogP contribution >= 0.6 is 0 Å². The van der Waals surface area contributed by atoms with Crippen LogP contribution in [0.3, 0.4) is 0 Å². The Labute approximate surface area is 231 Å². The van der Waals surface area contributed by atoms with Gasteiger partial charge in [0, 0.05) is 29.3 Å². The minimum absolute atomic E-state index is 0.0803. The first kappa shape index (κ1) is 25.1. The lowest BCUT2D eigenvalue weighted by atomic mass is 9.93. The van der Waals surface area contributed by atoms with Gasteiger partial charge in [-0.15, -0.1) is 0 Å². The Morgan fingerprint density at radius 2 is 1.25 bits per heavy atom. The lowest BCUT2D eigenvalue weighted by Crippen LogP contribution is -2.17. The number of hydrogen-bond acceptors (Lipinski definition) is 4. The molecule has 0 spiro atoms. The standard InChI is InChI=1S/C34H26N2O4/c1-40-34(39)24-17-25(19-26(18-24)36-33(38)23-15-14-21-8-2-3-9-22(21)16-23)35-32(37)20-31-29-12-6-4-10-27(29)28-11-5-7-13-30(28)31/h2-19,31H,20H2,1H3,(H,35,37)(H,36,38). The highest BCUT2D eigenvalue weighted by Gasteiger charge is 2.29. The maximum Gasteiger partial charge on any atom is 0.337 e. The lowest BCUT2D eigenvalue weighted by molar-refractivity contribution is -0.116. The van der Waals surface area contributed by atoms with Crippen molar-refractivity contribution in [2.24, 2.45) is 0 Å². The normalized spacial score (nSPS) is 11.9. The summed E-state index contributed by atoms with van der Waals surface area (Å²) in [6.45, 7) is 0. The number of rotatable bonds is 6. The molecule has 0 atom stereocenters. The fourth-order valence-electron chi connectivity index (χ4n) is 5.42. The number of ether oxygens (including phenoxy) is 1. The number of nitrogens with one attached hydrogen (secondary N) is 2. The van der Waals surface area contributed by atoms with E-state index in [-0.39, 0.29) is 29.7 Å². The van der Waals surface area contributed by atoms with Gasteiger partial charge < -0.3 is 15.4 Å². The van der Waals surface area contributed by atoms with E-state index in [1.807, 2.05) is 60.7 Å². The second kappa shape index (κ2) is 10.5. The van der Waals surface area contributed by atoms with Gasteiger partial charge in [0.1, 0.15) is 0 Å². The number of carbonyl (C=O) groups is 3. The molecule has 1 aliphatic carbocycles. The van der Waals surface area contributed by atoms with Gasteiger partial charge in [-0.2, -0.15) is 0 Å². The summed E-state index contributed by atoms with van der Waals surface area (Å²) < 4.78 is 4.91. The van der Waals surface area contributed by atoms with Gasteiger partial charge in [-0.05, 0) is 63.4 Å². The van der Waals surface area contributed by atoms with Crippen LogP contribution in [0.25, 0.3) is 21.9 Å². The molecule has 6 nitrogen and oxygen atoms in total. The summed E-state index contributed by atoms with van der Waals surface area (Å²) in [6.07, 6.45) is 0.231. The topological polar surface area (TPSA) is 84.5 Å². The molecular weight excluding hydrogens is 500 g/mol. The molecule has 2 amide bonds. The zero-order valence-corrected chi connectivity index (χ0v) is 21.8. The summed E-state index contributed by atoms with van der Waals surface area (Å²) in [4.78, 5) is 38.8. The molecule has 40 heavy (non-hydrogen) atoms. The molecule has 0 bridgehead atoms. The number of esters is 1. The van der Waals surface area contributed by atoms with Crippen LogP contribution in [0.15, 0.2) is 109 Å². The summed E-state index contributed by atoms with van der Waals surface area (Å²) in [7, 11) is 1.29. The van der Waals surface area contributed by atoms with Crippen LogP contribution in [0.4, 0.5) is 11.4 Å².